The van der Waals surface area contributed by atoms with Gasteiger partial charge >= 0.3 is 19.8 Å². The lowest BCUT2D eigenvalue weighted by atomic mass is 9.85. The summed E-state index contributed by atoms with van der Waals surface area (Å²) in [6, 6.07) is 0. The van der Waals surface area contributed by atoms with Crippen molar-refractivity contribution in [1.82, 2.24) is 0 Å². The van der Waals surface area contributed by atoms with Gasteiger partial charge in [-0.05, 0) is 51.4 Å². The maximum Gasteiger partial charge on any atom is 0.472 e. The summed E-state index contributed by atoms with van der Waals surface area (Å²) in [7, 11) is -5.13. The second-order valence-corrected chi connectivity index (χ2v) is 16.7. The Bertz CT molecular complexity index is 1270. The second-order valence-electron chi connectivity index (χ2n) is 15.3. The maximum atomic E-state index is 12.8. The summed E-state index contributed by atoms with van der Waals surface area (Å²) < 4.78 is 33.5. The Balaban J connectivity index is 2.50. The van der Waals surface area contributed by atoms with E-state index in [1.807, 2.05) is 36.5 Å². The molecule has 1 rings (SSSR count). The Kier molecular flexibility index (Phi) is 32.5. The quantitative estimate of drug-likeness (QED) is 0.0117. The minimum Gasteiger partial charge on any atom is -0.462 e. The van der Waals surface area contributed by atoms with Crippen molar-refractivity contribution in [3.05, 3.63) is 60.8 Å². The van der Waals surface area contributed by atoms with Crippen LogP contribution in [0.1, 0.15) is 155 Å². The van der Waals surface area contributed by atoms with Crippen LogP contribution >= 0.6 is 7.82 Å². The van der Waals surface area contributed by atoms with E-state index in [1.54, 1.807) is 0 Å². The molecule has 59 heavy (non-hydrogen) atoms. The predicted molar refractivity (Wildman–Crippen MR) is 230 cm³/mol. The number of aliphatic hydroxyl groups excluding tert-OH is 5. The predicted octanol–water partition coefficient (Wildman–Crippen LogP) is 8.16. The zero-order chi connectivity index (χ0) is 43.6. The van der Waals surface area contributed by atoms with Gasteiger partial charge in [-0.2, -0.15) is 0 Å². The number of allylic oxidation sites excluding steroid dienone is 10. The van der Waals surface area contributed by atoms with Crippen molar-refractivity contribution in [2.45, 2.75) is 198 Å². The normalized spacial score (nSPS) is 22.9. The average Bonchev–Trinajstić information content (AvgIpc) is 3.21. The molecule has 1 saturated carbocycles. The molecular formula is C45H77O13P. The molecule has 6 unspecified atom stereocenters. The topological polar surface area (TPSA) is 210 Å². The molecule has 0 bridgehead atoms. The fraction of sp³-hybridized carbons (Fsp3) is 0.733. The number of aliphatic hydroxyl groups is 5. The van der Waals surface area contributed by atoms with Gasteiger partial charge in [-0.25, -0.2) is 4.57 Å². The van der Waals surface area contributed by atoms with Gasteiger partial charge in [-0.3, -0.25) is 18.6 Å². The van der Waals surface area contributed by atoms with Gasteiger partial charge in [0, 0.05) is 12.8 Å². The van der Waals surface area contributed by atoms with Crippen LogP contribution in [0, 0.1) is 0 Å². The van der Waals surface area contributed by atoms with Gasteiger partial charge in [-0.1, -0.05) is 152 Å². The maximum absolute atomic E-state index is 12.8. The zero-order valence-corrected chi connectivity index (χ0v) is 36.7. The third-order valence-electron chi connectivity index (χ3n) is 9.94. The van der Waals surface area contributed by atoms with Crippen LogP contribution in [0.4, 0.5) is 0 Å². The van der Waals surface area contributed by atoms with Crippen LogP contribution in [0.25, 0.3) is 0 Å². The largest absolute Gasteiger partial charge is 0.472 e. The third-order valence-corrected chi connectivity index (χ3v) is 10.9. The first-order chi connectivity index (χ1) is 28.4. The van der Waals surface area contributed by atoms with E-state index in [2.05, 4.69) is 38.2 Å². The fourth-order valence-corrected chi connectivity index (χ4v) is 7.31. The number of unbranched alkanes of at least 4 members (excludes halogenated alkanes) is 16. The van der Waals surface area contributed by atoms with Crippen molar-refractivity contribution in [3.63, 3.8) is 0 Å². The van der Waals surface area contributed by atoms with Gasteiger partial charge in [0.2, 0.25) is 0 Å². The highest BCUT2D eigenvalue weighted by Crippen LogP contribution is 2.47. The minimum atomic E-state index is -5.13. The first kappa shape index (κ1) is 54.6. The van der Waals surface area contributed by atoms with Crippen LogP contribution in [-0.2, 0) is 32.7 Å². The van der Waals surface area contributed by atoms with Gasteiger partial charge < -0.3 is 39.9 Å². The molecule has 0 aliphatic heterocycles. The molecule has 0 aromatic heterocycles. The van der Waals surface area contributed by atoms with Crippen LogP contribution < -0.4 is 0 Å². The molecule has 14 heteroatoms. The van der Waals surface area contributed by atoms with E-state index in [0.29, 0.717) is 12.8 Å². The highest BCUT2D eigenvalue weighted by atomic mass is 31.2. The van der Waals surface area contributed by atoms with E-state index in [-0.39, 0.29) is 12.8 Å². The monoisotopic (exact) mass is 857 g/mol. The van der Waals surface area contributed by atoms with Gasteiger partial charge in [0.05, 0.1) is 6.61 Å². The molecule has 0 radical (unpaired) electrons. The standard InChI is InChI=1S/C45H77O13P/c1-3-5-7-9-11-13-15-17-19-21-23-25-27-29-31-33-38(46)55-35-37(36-56-59(53,54)58-45-43(51)41(49)40(48)42(50)44(45)52)57-39(47)34-32-30-28-26-24-22-20-18-16-14-12-10-8-6-4-2/h6,8-12,14,16,18,20,37,40-45,48-52H,3-5,7,13,15,17,19,21-36H2,1-2H3,(H,53,54)/b8-6+,11-9+,12-10+,16-14+,20-18+/t37-,40?,41-,42?,43?,44?,45?/m1/s1. The number of hydrogen-bond donors (Lipinski definition) is 6. The van der Waals surface area contributed by atoms with E-state index in [4.69, 9.17) is 18.5 Å². The van der Waals surface area contributed by atoms with Crippen LogP contribution in [0.15, 0.2) is 60.8 Å². The molecule has 0 aromatic carbocycles. The Morgan fingerprint density at radius 2 is 0.983 bits per heavy atom. The summed E-state index contributed by atoms with van der Waals surface area (Å²) in [5.74, 6) is -1.13. The Morgan fingerprint density at radius 3 is 1.53 bits per heavy atom. The second kappa shape index (κ2) is 35.2. The highest BCUT2D eigenvalue weighted by Gasteiger charge is 2.51. The number of carbonyl (C=O) groups is 2. The molecule has 0 amide bonds. The van der Waals surface area contributed by atoms with Crippen LogP contribution in [0.2, 0.25) is 0 Å². The number of phosphoric ester groups is 1. The number of esters is 2. The Hall–Kier alpha value is -2.45. The minimum absolute atomic E-state index is 0.0679. The van der Waals surface area contributed by atoms with Crippen molar-refractivity contribution in [1.29, 1.82) is 0 Å². The molecule has 13 nitrogen and oxygen atoms in total. The van der Waals surface area contributed by atoms with E-state index in [1.165, 1.54) is 44.9 Å². The van der Waals surface area contributed by atoms with Crippen molar-refractivity contribution in [2.24, 2.45) is 0 Å². The van der Waals surface area contributed by atoms with E-state index >= 15 is 0 Å². The Morgan fingerprint density at radius 1 is 0.542 bits per heavy atom. The van der Waals surface area contributed by atoms with Gasteiger partial charge in [0.1, 0.15) is 43.2 Å². The zero-order valence-electron chi connectivity index (χ0n) is 35.8. The molecular weight excluding hydrogens is 779 g/mol. The van der Waals surface area contributed by atoms with E-state index < -0.39 is 75.7 Å². The van der Waals surface area contributed by atoms with Crippen molar-refractivity contribution >= 4 is 19.8 Å². The summed E-state index contributed by atoms with van der Waals surface area (Å²) in [6.45, 7) is 3.09. The smallest absolute Gasteiger partial charge is 0.462 e. The first-order valence-corrected chi connectivity index (χ1v) is 23.6. The van der Waals surface area contributed by atoms with Gasteiger partial charge in [-0.15, -0.1) is 0 Å². The SMILES string of the molecule is CC/C=C/C=C/C=C/C=C/CCCCCCCC(=O)O[C@H](COC(=O)CCCCCCCCCCC/C=C/CCCC)COP(=O)(O)OC1C(O)C(O)C(O)[C@@H](O)C1O. The molecule has 6 N–H and O–H groups in total. The van der Waals surface area contributed by atoms with E-state index in [9.17, 15) is 44.6 Å². The summed E-state index contributed by atoms with van der Waals surface area (Å²) in [5, 5.41) is 50.1. The Labute approximate surface area is 353 Å². The van der Waals surface area contributed by atoms with E-state index in [0.717, 1.165) is 70.6 Å². The summed E-state index contributed by atoms with van der Waals surface area (Å²) >= 11 is 0. The molecule has 0 heterocycles. The summed E-state index contributed by atoms with van der Waals surface area (Å²) in [4.78, 5) is 35.6. The number of ether oxygens (including phenoxy) is 2. The molecule has 1 aliphatic rings. The number of phosphoric acid groups is 1. The summed E-state index contributed by atoms with van der Waals surface area (Å²) in [6.07, 6.45) is 28.5. The molecule has 1 aliphatic carbocycles. The fourth-order valence-electron chi connectivity index (χ4n) is 6.34. The lowest BCUT2D eigenvalue weighted by molar-refractivity contribution is -0.220. The number of hydrogen-bond acceptors (Lipinski definition) is 12. The van der Waals surface area contributed by atoms with Crippen LogP contribution in [-0.4, -0.2) is 98.3 Å². The summed E-state index contributed by atoms with van der Waals surface area (Å²) in [5.41, 5.74) is 0. The molecule has 0 saturated heterocycles. The third kappa shape index (κ3) is 27.9. The molecule has 8 atom stereocenters. The number of rotatable bonds is 35. The highest BCUT2D eigenvalue weighted by molar-refractivity contribution is 7.47. The lowest BCUT2D eigenvalue weighted by Gasteiger charge is -2.41. The molecule has 0 aromatic rings. The lowest BCUT2D eigenvalue weighted by Crippen LogP contribution is -2.64. The molecule has 0 spiro atoms. The van der Waals surface area contributed by atoms with Gasteiger partial charge in [0.25, 0.3) is 0 Å². The van der Waals surface area contributed by atoms with Crippen LogP contribution in [0.3, 0.4) is 0 Å². The number of carbonyl (C=O) groups excluding carboxylic acids is 2. The average molecular weight is 857 g/mol. The van der Waals surface area contributed by atoms with Crippen molar-refractivity contribution in [2.75, 3.05) is 13.2 Å². The molecule has 1 fully saturated rings. The first-order valence-electron chi connectivity index (χ1n) is 22.1. The van der Waals surface area contributed by atoms with Crippen molar-refractivity contribution < 1.29 is 63.1 Å². The molecule has 340 valence electrons. The van der Waals surface area contributed by atoms with Crippen LogP contribution in [0.5, 0.6) is 0 Å². The van der Waals surface area contributed by atoms with Gasteiger partial charge in [0.15, 0.2) is 6.10 Å². The van der Waals surface area contributed by atoms with Crippen molar-refractivity contribution in [3.8, 4) is 0 Å².